The quantitative estimate of drug-likeness (QED) is 0.770. The summed E-state index contributed by atoms with van der Waals surface area (Å²) in [6.45, 7) is 4.38. The number of imide groups is 1. The number of hydrogen-bond donors (Lipinski definition) is 2. The minimum atomic E-state index is -1.20. The molecule has 154 valence electrons. The minimum Gasteiger partial charge on any atom is -0.324 e. The van der Waals surface area contributed by atoms with Crippen LogP contribution in [0.15, 0.2) is 54.6 Å². The van der Waals surface area contributed by atoms with Gasteiger partial charge in [0.05, 0.1) is 18.4 Å². The van der Waals surface area contributed by atoms with Gasteiger partial charge in [-0.15, -0.1) is 0 Å². The SMILES string of the molecule is CC[C@H](C)[C@@H]1N[C@]2(C(=O)Nc3ccccc32)[C@@H]2C(=O)N(Cc3ccccc3)C(=O)[C@H]12. The van der Waals surface area contributed by atoms with Crippen LogP contribution < -0.4 is 10.6 Å². The Labute approximate surface area is 175 Å². The lowest BCUT2D eigenvalue weighted by Gasteiger charge is -2.30. The largest absolute Gasteiger partial charge is 0.324 e. The Morgan fingerprint density at radius 2 is 1.70 bits per heavy atom. The first-order valence-corrected chi connectivity index (χ1v) is 10.6. The molecule has 3 aliphatic rings. The Balaban J connectivity index is 1.62. The van der Waals surface area contributed by atoms with Gasteiger partial charge in [0.1, 0.15) is 5.54 Å². The number of nitrogens with one attached hydrogen (secondary N) is 2. The maximum absolute atomic E-state index is 13.7. The summed E-state index contributed by atoms with van der Waals surface area (Å²) in [5, 5.41) is 6.43. The summed E-state index contributed by atoms with van der Waals surface area (Å²) >= 11 is 0. The molecule has 1 spiro atoms. The first-order valence-electron chi connectivity index (χ1n) is 10.6. The molecule has 0 aliphatic carbocycles. The maximum atomic E-state index is 13.7. The molecule has 2 fully saturated rings. The third kappa shape index (κ3) is 2.43. The highest BCUT2D eigenvalue weighted by Crippen LogP contribution is 2.54. The molecule has 0 saturated carbocycles. The molecule has 3 amide bonds. The minimum absolute atomic E-state index is 0.144. The highest BCUT2D eigenvalue weighted by Gasteiger charge is 2.70. The van der Waals surface area contributed by atoms with Crippen LogP contribution in [0.3, 0.4) is 0 Å². The van der Waals surface area contributed by atoms with Crippen LogP contribution in [0.5, 0.6) is 0 Å². The predicted molar refractivity (Wildman–Crippen MR) is 112 cm³/mol. The molecule has 5 atom stereocenters. The lowest BCUT2D eigenvalue weighted by atomic mass is 9.75. The van der Waals surface area contributed by atoms with Crippen LogP contribution >= 0.6 is 0 Å². The van der Waals surface area contributed by atoms with Crippen LogP contribution in [0.25, 0.3) is 0 Å². The fourth-order valence-electron chi connectivity index (χ4n) is 5.41. The van der Waals surface area contributed by atoms with Crippen molar-refractivity contribution < 1.29 is 14.4 Å². The van der Waals surface area contributed by atoms with Gasteiger partial charge in [-0.05, 0) is 17.5 Å². The predicted octanol–water partition coefficient (Wildman–Crippen LogP) is 2.65. The molecule has 0 aromatic heterocycles. The molecule has 3 aliphatic heterocycles. The first kappa shape index (κ1) is 19.0. The van der Waals surface area contributed by atoms with Crippen molar-refractivity contribution in [2.24, 2.45) is 17.8 Å². The van der Waals surface area contributed by atoms with Crippen LogP contribution in [-0.4, -0.2) is 28.7 Å². The van der Waals surface area contributed by atoms with E-state index in [0.29, 0.717) is 5.69 Å². The van der Waals surface area contributed by atoms with Crippen LogP contribution in [0.2, 0.25) is 0 Å². The standard InChI is InChI=1S/C24H25N3O3/c1-3-14(2)20-18-19(22(29)27(21(18)28)13-15-9-5-4-6-10-15)24(26-20)16-11-7-8-12-17(16)25-23(24)30/h4-12,14,18-20,26H,3,13H2,1-2H3,(H,25,30)/t14-,18-,19-,20-,24-/m0/s1. The van der Waals surface area contributed by atoms with Crippen molar-refractivity contribution in [2.75, 3.05) is 5.32 Å². The Hall–Kier alpha value is -2.99. The van der Waals surface area contributed by atoms with Crippen molar-refractivity contribution in [1.82, 2.24) is 10.2 Å². The van der Waals surface area contributed by atoms with E-state index in [0.717, 1.165) is 17.5 Å². The molecule has 3 heterocycles. The molecule has 30 heavy (non-hydrogen) atoms. The van der Waals surface area contributed by atoms with Gasteiger partial charge in [0.25, 0.3) is 0 Å². The molecule has 6 heteroatoms. The molecule has 2 aromatic carbocycles. The lowest BCUT2D eigenvalue weighted by molar-refractivity contribution is -0.143. The van der Waals surface area contributed by atoms with Gasteiger partial charge in [-0.25, -0.2) is 0 Å². The second kappa shape index (κ2) is 6.77. The fraction of sp³-hybridized carbons (Fsp3) is 0.375. The molecule has 6 nitrogen and oxygen atoms in total. The molecular weight excluding hydrogens is 378 g/mol. The third-order valence-corrected chi connectivity index (χ3v) is 7.09. The van der Waals surface area contributed by atoms with Gasteiger partial charge in [0.15, 0.2) is 0 Å². The van der Waals surface area contributed by atoms with Gasteiger partial charge in [0, 0.05) is 17.3 Å². The van der Waals surface area contributed by atoms with E-state index >= 15 is 0 Å². The highest BCUT2D eigenvalue weighted by atomic mass is 16.2. The Morgan fingerprint density at radius 1 is 1.00 bits per heavy atom. The smallest absolute Gasteiger partial charge is 0.250 e. The summed E-state index contributed by atoms with van der Waals surface area (Å²) in [5.74, 6) is -1.83. The lowest BCUT2D eigenvalue weighted by Crippen LogP contribution is -2.54. The van der Waals surface area contributed by atoms with Gasteiger partial charge in [-0.1, -0.05) is 68.8 Å². The zero-order valence-electron chi connectivity index (χ0n) is 17.1. The zero-order valence-corrected chi connectivity index (χ0v) is 17.1. The van der Waals surface area contributed by atoms with Crippen molar-refractivity contribution in [1.29, 1.82) is 0 Å². The van der Waals surface area contributed by atoms with E-state index in [9.17, 15) is 14.4 Å². The molecule has 0 radical (unpaired) electrons. The molecule has 2 N–H and O–H groups in total. The number of fused-ring (bicyclic) bond motifs is 4. The number of carbonyl (C=O) groups excluding carboxylic acids is 3. The van der Waals surface area contributed by atoms with Crippen molar-refractivity contribution in [3.8, 4) is 0 Å². The van der Waals surface area contributed by atoms with Gasteiger partial charge in [-0.3, -0.25) is 24.6 Å². The summed E-state index contributed by atoms with van der Waals surface area (Å²) in [5.41, 5.74) is 1.17. The topological polar surface area (TPSA) is 78.5 Å². The zero-order chi connectivity index (χ0) is 21.0. The van der Waals surface area contributed by atoms with E-state index in [-0.39, 0.29) is 36.2 Å². The Kier molecular flexibility index (Phi) is 4.29. The summed E-state index contributed by atoms with van der Waals surface area (Å²) in [4.78, 5) is 41.9. The number of para-hydroxylation sites is 1. The number of amides is 3. The second-order valence-electron chi connectivity index (χ2n) is 8.62. The Bertz CT molecular complexity index is 1040. The second-order valence-corrected chi connectivity index (χ2v) is 8.62. The van der Waals surface area contributed by atoms with Gasteiger partial charge < -0.3 is 5.32 Å². The summed E-state index contributed by atoms with van der Waals surface area (Å²) < 4.78 is 0. The molecular formula is C24H25N3O3. The summed E-state index contributed by atoms with van der Waals surface area (Å²) in [6, 6.07) is 16.7. The third-order valence-electron chi connectivity index (χ3n) is 7.09. The van der Waals surface area contributed by atoms with E-state index in [4.69, 9.17) is 0 Å². The number of anilines is 1. The molecule has 0 unspecified atom stereocenters. The van der Waals surface area contributed by atoms with E-state index < -0.39 is 17.4 Å². The van der Waals surface area contributed by atoms with Crippen LogP contribution in [0, 0.1) is 17.8 Å². The normalized spacial score (nSPS) is 30.5. The number of likely N-dealkylation sites (tertiary alicyclic amines) is 1. The summed E-state index contributed by atoms with van der Waals surface area (Å²) in [6.07, 6.45) is 0.848. The highest BCUT2D eigenvalue weighted by molar-refractivity contribution is 6.15. The van der Waals surface area contributed by atoms with Gasteiger partial charge in [0.2, 0.25) is 17.7 Å². The van der Waals surface area contributed by atoms with Gasteiger partial charge in [-0.2, -0.15) is 0 Å². The molecule has 5 rings (SSSR count). The number of rotatable bonds is 4. The fourth-order valence-corrected chi connectivity index (χ4v) is 5.41. The maximum Gasteiger partial charge on any atom is 0.250 e. The average Bonchev–Trinajstić information content (AvgIpc) is 3.35. The van der Waals surface area contributed by atoms with E-state index in [2.05, 4.69) is 24.5 Å². The summed E-state index contributed by atoms with van der Waals surface area (Å²) in [7, 11) is 0. The van der Waals surface area contributed by atoms with Crippen molar-refractivity contribution in [3.63, 3.8) is 0 Å². The first-order chi connectivity index (χ1) is 14.5. The van der Waals surface area contributed by atoms with Crippen molar-refractivity contribution in [3.05, 3.63) is 65.7 Å². The number of benzene rings is 2. The monoisotopic (exact) mass is 403 g/mol. The van der Waals surface area contributed by atoms with E-state index in [1.54, 1.807) is 0 Å². The molecule has 2 aromatic rings. The number of carbonyl (C=O) groups is 3. The van der Waals surface area contributed by atoms with Crippen LogP contribution in [0.4, 0.5) is 5.69 Å². The van der Waals surface area contributed by atoms with Crippen LogP contribution in [0.1, 0.15) is 31.4 Å². The van der Waals surface area contributed by atoms with Gasteiger partial charge >= 0.3 is 0 Å². The van der Waals surface area contributed by atoms with E-state index in [1.807, 2.05) is 54.6 Å². The molecule has 2 saturated heterocycles. The van der Waals surface area contributed by atoms with Crippen molar-refractivity contribution >= 4 is 23.4 Å². The van der Waals surface area contributed by atoms with Crippen LogP contribution in [-0.2, 0) is 26.5 Å². The number of hydrogen-bond acceptors (Lipinski definition) is 4. The molecule has 0 bridgehead atoms. The van der Waals surface area contributed by atoms with Crippen molar-refractivity contribution in [2.45, 2.75) is 38.4 Å². The van der Waals surface area contributed by atoms with E-state index in [1.165, 1.54) is 4.90 Å². The number of nitrogens with zero attached hydrogens (tertiary/aromatic N) is 1. The average molecular weight is 403 g/mol. The Morgan fingerprint density at radius 3 is 2.43 bits per heavy atom.